The smallest absolute Gasteiger partial charge is 0.219 e. The molecule has 1 aromatic carbocycles. The third-order valence-electron chi connectivity index (χ3n) is 5.24. The normalized spacial score (nSPS) is 25.5. The third kappa shape index (κ3) is 2.74. The van der Waals surface area contributed by atoms with Gasteiger partial charge in [0.25, 0.3) is 0 Å². The molecule has 4 rings (SSSR count). The van der Waals surface area contributed by atoms with Crippen molar-refractivity contribution in [3.63, 3.8) is 0 Å². The Kier molecular flexibility index (Phi) is 3.81. The molecule has 0 N–H and O–H groups in total. The number of rotatable bonds is 3. The lowest BCUT2D eigenvalue weighted by atomic mass is 10.0. The van der Waals surface area contributed by atoms with Crippen molar-refractivity contribution in [3.8, 4) is 0 Å². The molecule has 0 unspecified atom stereocenters. The SMILES string of the molecule is CC(=O)N1CCC[C@@H]1[C@H]1CCCN1Cc1nc2ccccc2o1. The summed E-state index contributed by atoms with van der Waals surface area (Å²) in [6.07, 6.45) is 4.59. The van der Waals surface area contributed by atoms with E-state index in [2.05, 4.69) is 14.8 Å². The highest BCUT2D eigenvalue weighted by molar-refractivity contribution is 5.74. The van der Waals surface area contributed by atoms with Gasteiger partial charge < -0.3 is 9.32 Å². The molecule has 23 heavy (non-hydrogen) atoms. The number of likely N-dealkylation sites (tertiary alicyclic amines) is 2. The molecule has 5 heteroatoms. The number of aromatic nitrogens is 1. The van der Waals surface area contributed by atoms with Gasteiger partial charge in [0.2, 0.25) is 11.8 Å². The summed E-state index contributed by atoms with van der Waals surface area (Å²) in [5, 5.41) is 0. The van der Waals surface area contributed by atoms with Gasteiger partial charge in [-0.05, 0) is 44.4 Å². The Bertz CT molecular complexity index is 678. The summed E-state index contributed by atoms with van der Waals surface area (Å²) in [6, 6.07) is 8.70. The van der Waals surface area contributed by atoms with Crippen LogP contribution < -0.4 is 0 Å². The summed E-state index contributed by atoms with van der Waals surface area (Å²) in [5.41, 5.74) is 1.77. The van der Waals surface area contributed by atoms with Crippen LogP contribution >= 0.6 is 0 Å². The fourth-order valence-electron chi connectivity index (χ4n) is 4.23. The average Bonchev–Trinajstić information content (AvgIpc) is 3.25. The predicted molar refractivity (Wildman–Crippen MR) is 87.9 cm³/mol. The first-order valence-corrected chi connectivity index (χ1v) is 8.58. The Hall–Kier alpha value is -1.88. The maximum Gasteiger partial charge on any atom is 0.219 e. The van der Waals surface area contributed by atoms with Crippen LogP contribution in [0.3, 0.4) is 0 Å². The molecular formula is C18H23N3O2. The van der Waals surface area contributed by atoms with E-state index in [4.69, 9.17) is 4.42 Å². The first kappa shape index (κ1) is 14.7. The first-order chi connectivity index (χ1) is 11.2. The number of amides is 1. The van der Waals surface area contributed by atoms with Crippen LogP contribution in [0.15, 0.2) is 28.7 Å². The van der Waals surface area contributed by atoms with Gasteiger partial charge in [-0.15, -0.1) is 0 Å². The number of hydrogen-bond acceptors (Lipinski definition) is 4. The number of carbonyl (C=O) groups is 1. The minimum absolute atomic E-state index is 0.209. The fourth-order valence-corrected chi connectivity index (χ4v) is 4.23. The lowest BCUT2D eigenvalue weighted by Gasteiger charge is -2.34. The van der Waals surface area contributed by atoms with Crippen molar-refractivity contribution in [3.05, 3.63) is 30.2 Å². The van der Waals surface area contributed by atoms with Gasteiger partial charge in [0, 0.05) is 25.6 Å². The van der Waals surface area contributed by atoms with Crippen molar-refractivity contribution < 1.29 is 9.21 Å². The highest BCUT2D eigenvalue weighted by Crippen LogP contribution is 2.31. The van der Waals surface area contributed by atoms with Crippen molar-refractivity contribution in [1.82, 2.24) is 14.8 Å². The molecule has 0 spiro atoms. The second-order valence-corrected chi connectivity index (χ2v) is 6.68. The predicted octanol–water partition coefficient (Wildman–Crippen LogP) is 2.80. The lowest BCUT2D eigenvalue weighted by molar-refractivity contribution is -0.130. The zero-order chi connectivity index (χ0) is 15.8. The molecule has 2 aliphatic rings. The second kappa shape index (κ2) is 5.96. The molecule has 5 nitrogen and oxygen atoms in total. The molecule has 1 amide bonds. The van der Waals surface area contributed by atoms with Crippen LogP contribution in [-0.4, -0.2) is 45.9 Å². The molecule has 2 saturated heterocycles. The molecule has 0 aliphatic carbocycles. The summed E-state index contributed by atoms with van der Waals surface area (Å²) in [4.78, 5) is 21.0. The van der Waals surface area contributed by atoms with Crippen LogP contribution in [0.4, 0.5) is 0 Å². The topological polar surface area (TPSA) is 49.6 Å². The molecule has 0 radical (unpaired) electrons. The highest BCUT2D eigenvalue weighted by Gasteiger charge is 2.39. The van der Waals surface area contributed by atoms with Gasteiger partial charge in [0.1, 0.15) is 5.52 Å². The lowest BCUT2D eigenvalue weighted by Crippen LogP contribution is -2.47. The molecular weight excluding hydrogens is 290 g/mol. The van der Waals surface area contributed by atoms with E-state index in [0.29, 0.717) is 12.1 Å². The van der Waals surface area contributed by atoms with Crippen LogP contribution in [0.1, 0.15) is 38.5 Å². The number of carbonyl (C=O) groups excluding carboxylic acids is 1. The fraction of sp³-hybridized carbons (Fsp3) is 0.556. The molecule has 0 saturated carbocycles. The number of oxazole rings is 1. The Morgan fingerprint density at radius 1 is 1.22 bits per heavy atom. The van der Waals surface area contributed by atoms with E-state index >= 15 is 0 Å². The van der Waals surface area contributed by atoms with Crippen LogP contribution in [0, 0.1) is 0 Å². The summed E-state index contributed by atoms with van der Waals surface area (Å²) in [6.45, 7) is 4.40. The van der Waals surface area contributed by atoms with Gasteiger partial charge in [0.05, 0.1) is 6.54 Å². The van der Waals surface area contributed by atoms with Gasteiger partial charge in [0.15, 0.2) is 5.58 Å². The quantitative estimate of drug-likeness (QED) is 0.874. The molecule has 2 atom stereocenters. The monoisotopic (exact) mass is 313 g/mol. The van der Waals surface area contributed by atoms with E-state index in [9.17, 15) is 4.79 Å². The molecule has 3 heterocycles. The van der Waals surface area contributed by atoms with E-state index in [1.165, 1.54) is 6.42 Å². The van der Waals surface area contributed by atoms with Crippen LogP contribution in [0.2, 0.25) is 0 Å². The molecule has 2 fully saturated rings. The van der Waals surface area contributed by atoms with Crippen molar-refractivity contribution in [2.45, 2.75) is 51.2 Å². The van der Waals surface area contributed by atoms with Crippen LogP contribution in [-0.2, 0) is 11.3 Å². The van der Waals surface area contributed by atoms with Crippen molar-refractivity contribution in [1.29, 1.82) is 0 Å². The molecule has 2 aliphatic heterocycles. The summed E-state index contributed by atoms with van der Waals surface area (Å²) in [7, 11) is 0. The van der Waals surface area contributed by atoms with Gasteiger partial charge >= 0.3 is 0 Å². The zero-order valence-electron chi connectivity index (χ0n) is 13.6. The molecule has 2 aromatic rings. The minimum Gasteiger partial charge on any atom is -0.439 e. The Morgan fingerprint density at radius 3 is 2.83 bits per heavy atom. The van der Waals surface area contributed by atoms with Gasteiger partial charge in [-0.25, -0.2) is 4.98 Å². The van der Waals surface area contributed by atoms with Crippen molar-refractivity contribution >= 4 is 17.0 Å². The van der Waals surface area contributed by atoms with Crippen molar-refractivity contribution in [2.75, 3.05) is 13.1 Å². The van der Waals surface area contributed by atoms with E-state index in [0.717, 1.165) is 55.9 Å². The first-order valence-electron chi connectivity index (χ1n) is 8.58. The molecule has 0 bridgehead atoms. The average molecular weight is 313 g/mol. The number of benzene rings is 1. The Labute approximate surface area is 136 Å². The summed E-state index contributed by atoms with van der Waals surface area (Å²) < 4.78 is 5.88. The standard InChI is InChI=1S/C18H23N3O2/c1-13(22)21-11-5-8-16(21)15-7-4-10-20(15)12-18-19-14-6-2-3-9-17(14)23-18/h2-3,6,9,15-16H,4-5,7-8,10-12H2,1H3/t15-,16-/m1/s1. The van der Waals surface area contributed by atoms with Gasteiger partial charge in [-0.3, -0.25) is 9.69 Å². The number of para-hydroxylation sites is 2. The van der Waals surface area contributed by atoms with E-state index in [1.54, 1.807) is 6.92 Å². The second-order valence-electron chi connectivity index (χ2n) is 6.68. The minimum atomic E-state index is 0.209. The third-order valence-corrected chi connectivity index (χ3v) is 5.24. The number of hydrogen-bond donors (Lipinski definition) is 0. The van der Waals surface area contributed by atoms with Gasteiger partial charge in [-0.1, -0.05) is 12.1 Å². The maximum absolute atomic E-state index is 11.9. The van der Waals surface area contributed by atoms with E-state index < -0.39 is 0 Å². The maximum atomic E-state index is 11.9. The van der Waals surface area contributed by atoms with Crippen LogP contribution in [0.5, 0.6) is 0 Å². The van der Waals surface area contributed by atoms with E-state index in [-0.39, 0.29) is 5.91 Å². The van der Waals surface area contributed by atoms with Crippen LogP contribution in [0.25, 0.3) is 11.1 Å². The number of fused-ring (bicyclic) bond motifs is 1. The van der Waals surface area contributed by atoms with Crippen molar-refractivity contribution in [2.24, 2.45) is 0 Å². The Balaban J connectivity index is 1.52. The number of nitrogens with zero attached hydrogens (tertiary/aromatic N) is 3. The molecule has 1 aromatic heterocycles. The summed E-state index contributed by atoms with van der Waals surface area (Å²) in [5.74, 6) is 0.992. The van der Waals surface area contributed by atoms with Gasteiger partial charge in [-0.2, -0.15) is 0 Å². The Morgan fingerprint density at radius 2 is 2.00 bits per heavy atom. The molecule has 122 valence electrons. The summed E-state index contributed by atoms with van der Waals surface area (Å²) >= 11 is 0. The van der Waals surface area contributed by atoms with E-state index in [1.807, 2.05) is 24.3 Å². The highest BCUT2D eigenvalue weighted by atomic mass is 16.3. The zero-order valence-corrected chi connectivity index (χ0v) is 13.6. The largest absolute Gasteiger partial charge is 0.439 e.